The van der Waals surface area contributed by atoms with Crippen LogP contribution in [-0.2, 0) is 13.0 Å². The summed E-state index contributed by atoms with van der Waals surface area (Å²) < 4.78 is 0. The smallest absolute Gasteiger partial charge is 0.157 e. The minimum Gasteiger partial charge on any atom is -0.378 e. The first-order chi connectivity index (χ1) is 12.1. The van der Waals surface area contributed by atoms with Gasteiger partial charge < -0.3 is 15.6 Å². The van der Waals surface area contributed by atoms with Crippen LogP contribution in [0.2, 0.25) is 0 Å². The molecule has 0 saturated heterocycles. The molecule has 1 aliphatic rings. The van der Waals surface area contributed by atoms with Gasteiger partial charge in [0, 0.05) is 24.0 Å². The number of nitrogens with zero attached hydrogens (tertiary/aromatic N) is 2. The summed E-state index contributed by atoms with van der Waals surface area (Å²) >= 11 is 0. The third-order valence-corrected chi connectivity index (χ3v) is 4.71. The predicted molar refractivity (Wildman–Crippen MR) is 102 cm³/mol. The Morgan fingerprint density at radius 3 is 3.00 bits per heavy atom. The Labute approximate surface area is 148 Å². The van der Waals surface area contributed by atoms with E-state index in [0.29, 0.717) is 5.92 Å². The van der Waals surface area contributed by atoms with Gasteiger partial charge in [-0.15, -0.1) is 0 Å². The second kappa shape index (κ2) is 6.48. The SMILES string of the molecule is Cc1nc2c(C3Cc4cc(CNCC(C)C)ccc4N3)ccnc2[nH]1. The highest BCUT2D eigenvalue weighted by molar-refractivity contribution is 5.77. The quantitative estimate of drug-likeness (QED) is 0.665. The van der Waals surface area contributed by atoms with Crippen LogP contribution >= 0.6 is 0 Å². The van der Waals surface area contributed by atoms with Crippen molar-refractivity contribution < 1.29 is 0 Å². The third kappa shape index (κ3) is 3.24. The first kappa shape index (κ1) is 16.1. The molecular weight excluding hydrogens is 310 g/mol. The Kier molecular flexibility index (Phi) is 4.17. The summed E-state index contributed by atoms with van der Waals surface area (Å²) in [5.74, 6) is 1.58. The largest absolute Gasteiger partial charge is 0.378 e. The average Bonchev–Trinajstić information content (AvgIpc) is 3.15. The van der Waals surface area contributed by atoms with E-state index in [1.54, 1.807) is 0 Å². The Balaban J connectivity index is 1.54. The number of hydrogen-bond donors (Lipinski definition) is 3. The van der Waals surface area contributed by atoms with E-state index in [-0.39, 0.29) is 6.04 Å². The molecule has 0 saturated carbocycles. The van der Waals surface area contributed by atoms with Gasteiger partial charge in [-0.25, -0.2) is 9.97 Å². The molecule has 5 heteroatoms. The molecule has 0 aliphatic carbocycles. The molecule has 1 atom stereocenters. The molecule has 0 fully saturated rings. The molecule has 2 aromatic heterocycles. The number of benzene rings is 1. The molecule has 1 aromatic carbocycles. The van der Waals surface area contributed by atoms with Crippen molar-refractivity contribution in [2.24, 2.45) is 5.92 Å². The van der Waals surface area contributed by atoms with E-state index in [1.165, 1.54) is 22.4 Å². The van der Waals surface area contributed by atoms with Crippen molar-refractivity contribution in [3.05, 3.63) is 53.0 Å². The van der Waals surface area contributed by atoms with Crippen LogP contribution in [0.1, 0.15) is 42.4 Å². The summed E-state index contributed by atoms with van der Waals surface area (Å²) in [5.41, 5.74) is 7.01. The van der Waals surface area contributed by atoms with Crippen molar-refractivity contribution in [3.63, 3.8) is 0 Å². The zero-order valence-corrected chi connectivity index (χ0v) is 15.1. The van der Waals surface area contributed by atoms with Crippen LogP contribution in [0.4, 0.5) is 5.69 Å². The van der Waals surface area contributed by atoms with E-state index in [0.717, 1.165) is 36.5 Å². The maximum absolute atomic E-state index is 4.63. The van der Waals surface area contributed by atoms with Crippen molar-refractivity contribution in [2.75, 3.05) is 11.9 Å². The van der Waals surface area contributed by atoms with Crippen molar-refractivity contribution in [3.8, 4) is 0 Å². The van der Waals surface area contributed by atoms with Crippen LogP contribution in [0.25, 0.3) is 11.2 Å². The fraction of sp³-hybridized carbons (Fsp3) is 0.400. The van der Waals surface area contributed by atoms with Crippen LogP contribution in [0.5, 0.6) is 0 Å². The van der Waals surface area contributed by atoms with Gasteiger partial charge >= 0.3 is 0 Å². The Hall–Kier alpha value is -2.40. The lowest BCUT2D eigenvalue weighted by Crippen LogP contribution is -2.18. The summed E-state index contributed by atoms with van der Waals surface area (Å²) in [4.78, 5) is 12.2. The van der Waals surface area contributed by atoms with Gasteiger partial charge in [-0.1, -0.05) is 26.0 Å². The number of pyridine rings is 1. The first-order valence-corrected chi connectivity index (χ1v) is 9.00. The molecule has 0 radical (unpaired) electrons. The number of aromatic nitrogens is 3. The summed E-state index contributed by atoms with van der Waals surface area (Å²) in [5, 5.41) is 7.17. The Bertz CT molecular complexity index is 896. The molecule has 3 heterocycles. The number of aryl methyl sites for hydroxylation is 1. The fourth-order valence-corrected chi connectivity index (χ4v) is 3.54. The standard InChI is InChI=1S/C20H25N5/c1-12(2)10-21-11-14-4-5-17-15(8-14)9-18(25-17)16-6-7-22-20-19(16)23-13(3)24-20/h4-8,12,18,21,25H,9-11H2,1-3H3,(H,22,23,24). The van der Waals surface area contributed by atoms with Gasteiger partial charge in [-0.05, 0) is 49.1 Å². The zero-order chi connectivity index (χ0) is 17.4. The van der Waals surface area contributed by atoms with Crippen LogP contribution in [-0.4, -0.2) is 21.5 Å². The van der Waals surface area contributed by atoms with Crippen molar-refractivity contribution in [2.45, 2.75) is 39.8 Å². The molecular formula is C20H25N5. The lowest BCUT2D eigenvalue weighted by Gasteiger charge is -2.11. The number of rotatable bonds is 5. The van der Waals surface area contributed by atoms with E-state index in [9.17, 15) is 0 Å². The van der Waals surface area contributed by atoms with Gasteiger partial charge in [0.2, 0.25) is 0 Å². The topological polar surface area (TPSA) is 65.6 Å². The number of nitrogens with one attached hydrogen (secondary N) is 3. The van der Waals surface area contributed by atoms with E-state index >= 15 is 0 Å². The lowest BCUT2D eigenvalue weighted by molar-refractivity contribution is 0.552. The summed E-state index contributed by atoms with van der Waals surface area (Å²) in [6.45, 7) is 8.41. The first-order valence-electron chi connectivity index (χ1n) is 9.00. The van der Waals surface area contributed by atoms with Crippen LogP contribution in [0.3, 0.4) is 0 Å². The van der Waals surface area contributed by atoms with Gasteiger partial charge in [0.05, 0.1) is 6.04 Å². The second-order valence-electron chi connectivity index (χ2n) is 7.34. The van der Waals surface area contributed by atoms with Crippen LogP contribution in [0, 0.1) is 12.8 Å². The summed E-state index contributed by atoms with van der Waals surface area (Å²) in [6, 6.07) is 9.07. The van der Waals surface area contributed by atoms with E-state index < -0.39 is 0 Å². The van der Waals surface area contributed by atoms with E-state index in [4.69, 9.17) is 0 Å². The average molecular weight is 335 g/mol. The number of hydrogen-bond acceptors (Lipinski definition) is 4. The molecule has 5 nitrogen and oxygen atoms in total. The summed E-state index contributed by atoms with van der Waals surface area (Å²) in [6.07, 6.45) is 2.85. The normalized spacial score (nSPS) is 16.4. The molecule has 3 N–H and O–H groups in total. The molecule has 0 amide bonds. The van der Waals surface area contributed by atoms with Gasteiger partial charge in [-0.2, -0.15) is 0 Å². The molecule has 0 spiro atoms. The van der Waals surface area contributed by atoms with Gasteiger partial charge in [0.15, 0.2) is 5.65 Å². The molecule has 1 aliphatic heterocycles. The third-order valence-electron chi connectivity index (χ3n) is 4.71. The van der Waals surface area contributed by atoms with E-state index in [2.05, 4.69) is 63.7 Å². The fourth-order valence-electron chi connectivity index (χ4n) is 3.54. The van der Waals surface area contributed by atoms with Gasteiger partial charge in [0.25, 0.3) is 0 Å². The zero-order valence-electron chi connectivity index (χ0n) is 15.1. The van der Waals surface area contributed by atoms with Crippen molar-refractivity contribution >= 4 is 16.9 Å². The Morgan fingerprint density at radius 2 is 2.16 bits per heavy atom. The molecule has 1 unspecified atom stereocenters. The minimum absolute atomic E-state index is 0.252. The molecule has 25 heavy (non-hydrogen) atoms. The maximum Gasteiger partial charge on any atom is 0.157 e. The number of aromatic amines is 1. The number of H-pyrrole nitrogens is 1. The van der Waals surface area contributed by atoms with Crippen molar-refractivity contribution in [1.82, 2.24) is 20.3 Å². The number of imidazole rings is 1. The highest BCUT2D eigenvalue weighted by Crippen LogP contribution is 2.36. The lowest BCUT2D eigenvalue weighted by atomic mass is 10.0. The van der Waals surface area contributed by atoms with E-state index in [1.807, 2.05) is 13.1 Å². The second-order valence-corrected chi connectivity index (χ2v) is 7.34. The maximum atomic E-state index is 4.63. The molecule has 3 aromatic rings. The van der Waals surface area contributed by atoms with Crippen molar-refractivity contribution in [1.29, 1.82) is 0 Å². The highest BCUT2D eigenvalue weighted by Gasteiger charge is 2.24. The number of fused-ring (bicyclic) bond motifs is 2. The molecule has 0 bridgehead atoms. The predicted octanol–water partition coefficient (Wildman–Crippen LogP) is 3.72. The Morgan fingerprint density at radius 1 is 1.28 bits per heavy atom. The molecule has 130 valence electrons. The highest BCUT2D eigenvalue weighted by atomic mass is 15.0. The minimum atomic E-state index is 0.252. The van der Waals surface area contributed by atoms with Gasteiger partial charge in [0.1, 0.15) is 11.3 Å². The summed E-state index contributed by atoms with van der Waals surface area (Å²) in [7, 11) is 0. The van der Waals surface area contributed by atoms with Crippen LogP contribution < -0.4 is 10.6 Å². The number of anilines is 1. The van der Waals surface area contributed by atoms with Crippen LogP contribution in [0.15, 0.2) is 30.5 Å². The molecule has 4 rings (SSSR count). The van der Waals surface area contributed by atoms with Gasteiger partial charge in [-0.3, -0.25) is 0 Å². The monoisotopic (exact) mass is 335 g/mol.